The van der Waals surface area contributed by atoms with E-state index in [-0.39, 0.29) is 11.3 Å². The smallest absolute Gasteiger partial charge is 0.225 e. The predicted octanol–water partition coefficient (Wildman–Crippen LogP) is 1.90. The maximum absolute atomic E-state index is 12.8. The fraction of sp³-hybridized carbons (Fsp3) is 0.889. The summed E-state index contributed by atoms with van der Waals surface area (Å²) >= 11 is 0. The van der Waals surface area contributed by atoms with Crippen LogP contribution in [0.2, 0.25) is 0 Å². The van der Waals surface area contributed by atoms with Crippen LogP contribution in [0.1, 0.15) is 59.2 Å². The van der Waals surface area contributed by atoms with Gasteiger partial charge in [0.25, 0.3) is 0 Å². The number of aromatic nitrogens is 4. The summed E-state index contributed by atoms with van der Waals surface area (Å²) in [6, 6.07) is 0. The second kappa shape index (κ2) is 7.40. The van der Waals surface area contributed by atoms with E-state index in [0.717, 1.165) is 51.3 Å². The largest absolute Gasteiger partial charge is 0.342 e. The van der Waals surface area contributed by atoms with E-state index in [0.29, 0.717) is 18.5 Å². The molecule has 0 bridgehead atoms. The van der Waals surface area contributed by atoms with Gasteiger partial charge in [0.15, 0.2) is 5.82 Å². The van der Waals surface area contributed by atoms with Crippen LogP contribution in [0.25, 0.3) is 0 Å². The molecule has 25 heavy (non-hydrogen) atoms. The van der Waals surface area contributed by atoms with Gasteiger partial charge in [-0.3, -0.25) is 9.69 Å². The van der Waals surface area contributed by atoms with Crippen molar-refractivity contribution in [1.82, 2.24) is 30.0 Å². The molecule has 3 heterocycles. The molecule has 7 nitrogen and oxygen atoms in total. The molecule has 0 aliphatic carbocycles. The van der Waals surface area contributed by atoms with Gasteiger partial charge in [-0.05, 0) is 42.0 Å². The number of piperidine rings is 2. The molecular formula is C18H32N6O. The third kappa shape index (κ3) is 4.37. The normalized spacial score (nSPS) is 23.8. The molecule has 0 spiro atoms. The van der Waals surface area contributed by atoms with Crippen molar-refractivity contribution in [3.63, 3.8) is 0 Å². The Kier molecular flexibility index (Phi) is 5.41. The third-order valence-electron chi connectivity index (χ3n) is 5.44. The highest BCUT2D eigenvalue weighted by molar-refractivity contribution is 5.79. The molecule has 0 saturated carbocycles. The molecule has 0 aromatic carbocycles. The Bertz CT molecular complexity index is 585. The van der Waals surface area contributed by atoms with E-state index in [1.807, 2.05) is 4.68 Å². The van der Waals surface area contributed by atoms with Gasteiger partial charge >= 0.3 is 0 Å². The molecule has 7 heteroatoms. The van der Waals surface area contributed by atoms with E-state index < -0.39 is 0 Å². The number of tetrazole rings is 1. The number of amides is 1. The average Bonchev–Trinajstić information content (AvgIpc) is 3.03. The van der Waals surface area contributed by atoms with Crippen LogP contribution < -0.4 is 0 Å². The molecule has 0 N–H and O–H groups in total. The Balaban J connectivity index is 1.52. The zero-order valence-electron chi connectivity index (χ0n) is 16.1. The zero-order valence-corrected chi connectivity index (χ0v) is 16.1. The lowest BCUT2D eigenvalue weighted by molar-refractivity contribution is -0.139. The first-order valence-electron chi connectivity index (χ1n) is 9.62. The summed E-state index contributed by atoms with van der Waals surface area (Å²) in [5, 5.41) is 12.2. The number of nitrogens with zero attached hydrogens (tertiary/aromatic N) is 6. The summed E-state index contributed by atoms with van der Waals surface area (Å²) in [7, 11) is 0. The van der Waals surface area contributed by atoms with Crippen molar-refractivity contribution < 1.29 is 4.79 Å². The van der Waals surface area contributed by atoms with Crippen LogP contribution in [0.4, 0.5) is 0 Å². The van der Waals surface area contributed by atoms with Crippen LogP contribution >= 0.6 is 0 Å². The van der Waals surface area contributed by atoms with Gasteiger partial charge in [-0.25, -0.2) is 4.68 Å². The molecule has 1 unspecified atom stereocenters. The van der Waals surface area contributed by atoms with Gasteiger partial charge in [0.1, 0.15) is 0 Å². The van der Waals surface area contributed by atoms with Crippen molar-refractivity contribution in [3.05, 3.63) is 5.82 Å². The Hall–Kier alpha value is -1.50. The van der Waals surface area contributed by atoms with E-state index >= 15 is 0 Å². The van der Waals surface area contributed by atoms with Gasteiger partial charge < -0.3 is 4.90 Å². The lowest BCUT2D eigenvalue weighted by Gasteiger charge is -2.37. The summed E-state index contributed by atoms with van der Waals surface area (Å²) in [5.74, 6) is 2.13. The molecule has 0 radical (unpaired) electrons. The third-order valence-corrected chi connectivity index (χ3v) is 5.44. The van der Waals surface area contributed by atoms with Crippen LogP contribution in [0.5, 0.6) is 0 Å². The Morgan fingerprint density at radius 3 is 2.52 bits per heavy atom. The van der Waals surface area contributed by atoms with Gasteiger partial charge in [-0.15, -0.1) is 5.10 Å². The van der Waals surface area contributed by atoms with Crippen molar-refractivity contribution in [1.29, 1.82) is 0 Å². The van der Waals surface area contributed by atoms with Crippen molar-refractivity contribution in [3.8, 4) is 0 Å². The van der Waals surface area contributed by atoms with E-state index in [2.05, 4.69) is 53.0 Å². The average molecular weight is 348 g/mol. The molecule has 2 aliphatic heterocycles. The molecule has 2 fully saturated rings. The van der Waals surface area contributed by atoms with Crippen molar-refractivity contribution in [2.75, 3.05) is 26.2 Å². The minimum absolute atomic E-state index is 0.0667. The Labute approximate surface area is 150 Å². The molecule has 140 valence electrons. The number of likely N-dealkylation sites (tertiary alicyclic amines) is 2. The molecular weight excluding hydrogens is 316 g/mol. The molecule has 2 aliphatic rings. The summed E-state index contributed by atoms with van der Waals surface area (Å²) < 4.78 is 1.90. The topological polar surface area (TPSA) is 67.2 Å². The first-order chi connectivity index (χ1) is 11.8. The number of hydrogen-bond donors (Lipinski definition) is 0. The van der Waals surface area contributed by atoms with Crippen LogP contribution in [-0.2, 0) is 16.9 Å². The predicted molar refractivity (Wildman–Crippen MR) is 95.8 cm³/mol. The van der Waals surface area contributed by atoms with Crippen LogP contribution in [0, 0.1) is 11.8 Å². The minimum atomic E-state index is -0.0667. The van der Waals surface area contributed by atoms with Crippen molar-refractivity contribution in [2.24, 2.45) is 11.8 Å². The quantitative estimate of drug-likeness (QED) is 0.834. The van der Waals surface area contributed by atoms with E-state index in [9.17, 15) is 4.79 Å². The lowest BCUT2D eigenvalue weighted by atomic mass is 9.93. The number of carbonyl (C=O) groups is 1. The van der Waals surface area contributed by atoms with Crippen LogP contribution in [-0.4, -0.2) is 62.1 Å². The summed E-state index contributed by atoms with van der Waals surface area (Å²) in [6.45, 7) is 13.1. The van der Waals surface area contributed by atoms with E-state index in [1.165, 1.54) is 6.42 Å². The Morgan fingerprint density at radius 1 is 1.16 bits per heavy atom. The van der Waals surface area contributed by atoms with Gasteiger partial charge in [-0.2, -0.15) is 0 Å². The molecule has 1 atom stereocenters. The number of carbonyl (C=O) groups excluding carboxylic acids is 1. The molecule has 3 rings (SSSR count). The fourth-order valence-corrected chi connectivity index (χ4v) is 4.00. The highest BCUT2D eigenvalue weighted by Gasteiger charge is 2.31. The van der Waals surface area contributed by atoms with Gasteiger partial charge in [0.05, 0.1) is 6.67 Å². The van der Waals surface area contributed by atoms with Crippen LogP contribution in [0.3, 0.4) is 0 Å². The minimum Gasteiger partial charge on any atom is -0.342 e. The maximum Gasteiger partial charge on any atom is 0.225 e. The number of hydrogen-bond acceptors (Lipinski definition) is 5. The summed E-state index contributed by atoms with van der Waals surface area (Å²) in [6.07, 6.45) is 4.29. The van der Waals surface area contributed by atoms with Crippen LogP contribution in [0.15, 0.2) is 0 Å². The van der Waals surface area contributed by atoms with Crippen molar-refractivity contribution in [2.45, 2.75) is 65.5 Å². The first kappa shape index (κ1) is 18.3. The van der Waals surface area contributed by atoms with Gasteiger partial charge in [0.2, 0.25) is 5.91 Å². The Morgan fingerprint density at radius 2 is 1.88 bits per heavy atom. The van der Waals surface area contributed by atoms with Crippen molar-refractivity contribution >= 4 is 5.91 Å². The number of rotatable bonds is 3. The van der Waals surface area contributed by atoms with E-state index in [4.69, 9.17) is 0 Å². The highest BCUT2D eigenvalue weighted by Crippen LogP contribution is 2.24. The molecule has 1 amide bonds. The second-order valence-electron chi connectivity index (χ2n) is 8.82. The van der Waals surface area contributed by atoms with Gasteiger partial charge in [-0.1, -0.05) is 27.7 Å². The van der Waals surface area contributed by atoms with Gasteiger partial charge in [0, 0.05) is 37.5 Å². The summed E-state index contributed by atoms with van der Waals surface area (Å²) in [5.41, 5.74) is -0.0667. The zero-order chi connectivity index (χ0) is 18.0. The molecule has 1 aromatic heterocycles. The first-order valence-corrected chi connectivity index (χ1v) is 9.62. The maximum atomic E-state index is 12.8. The highest BCUT2D eigenvalue weighted by atomic mass is 16.2. The fourth-order valence-electron chi connectivity index (χ4n) is 4.00. The molecule has 1 aromatic rings. The van der Waals surface area contributed by atoms with E-state index in [1.54, 1.807) is 0 Å². The standard InChI is InChI=1S/C18H32N6O/c1-14-6-5-9-23(12-14)16(25)15-7-10-22(11-8-15)13-24-17(18(2,3)4)19-20-21-24/h14-15H,5-13H2,1-4H3. The lowest BCUT2D eigenvalue weighted by Crippen LogP contribution is -2.46. The summed E-state index contributed by atoms with van der Waals surface area (Å²) in [4.78, 5) is 17.2. The monoisotopic (exact) mass is 348 g/mol. The molecule has 2 saturated heterocycles. The second-order valence-corrected chi connectivity index (χ2v) is 8.82. The SMILES string of the molecule is CC1CCCN(C(=O)C2CCN(Cn3nnnc3C(C)(C)C)CC2)C1.